The molecule has 0 saturated carbocycles. The Morgan fingerprint density at radius 1 is 1.06 bits per heavy atom. The smallest absolute Gasteiger partial charge is 0.324 e. The highest BCUT2D eigenvalue weighted by molar-refractivity contribution is 5.95. The van der Waals surface area contributed by atoms with Crippen LogP contribution in [0.5, 0.6) is 0 Å². The standard InChI is InChI=1S/C22H22F3N5O/c23-22(24,25)16-9-6-10-17(13-16)27-21(31)20(15-7-2-1-3-8-15)26-14-19-29-28-18-11-4-5-12-30(18)19/h1-3,6-10,13,20,26H,4-5,11-12,14H2,(H,27,31)/t20-/m0/s1. The summed E-state index contributed by atoms with van der Waals surface area (Å²) in [6.07, 6.45) is -1.47. The van der Waals surface area contributed by atoms with Crippen LogP contribution < -0.4 is 10.6 Å². The van der Waals surface area contributed by atoms with E-state index in [1.165, 1.54) is 12.1 Å². The summed E-state index contributed by atoms with van der Waals surface area (Å²) in [5.41, 5.74) is -0.0302. The maximum absolute atomic E-state index is 13.0. The van der Waals surface area contributed by atoms with Crippen molar-refractivity contribution in [2.45, 2.75) is 44.6 Å². The van der Waals surface area contributed by atoms with Crippen LogP contribution in [-0.2, 0) is 30.5 Å². The first-order chi connectivity index (χ1) is 14.9. The lowest BCUT2D eigenvalue weighted by molar-refractivity contribution is -0.137. The summed E-state index contributed by atoms with van der Waals surface area (Å²) in [7, 11) is 0. The topological polar surface area (TPSA) is 71.8 Å². The van der Waals surface area contributed by atoms with Gasteiger partial charge in [0.25, 0.3) is 0 Å². The number of carbonyl (C=O) groups is 1. The number of alkyl halides is 3. The van der Waals surface area contributed by atoms with Gasteiger partial charge in [0.15, 0.2) is 0 Å². The first-order valence-electron chi connectivity index (χ1n) is 10.1. The first-order valence-corrected chi connectivity index (χ1v) is 10.1. The monoisotopic (exact) mass is 429 g/mol. The molecule has 2 aromatic carbocycles. The second-order valence-corrected chi connectivity index (χ2v) is 7.43. The highest BCUT2D eigenvalue weighted by Gasteiger charge is 2.31. The third-order valence-corrected chi connectivity index (χ3v) is 5.25. The molecule has 1 atom stereocenters. The Morgan fingerprint density at radius 3 is 2.65 bits per heavy atom. The Balaban J connectivity index is 1.53. The number of benzene rings is 2. The third-order valence-electron chi connectivity index (χ3n) is 5.25. The van der Waals surface area contributed by atoms with Gasteiger partial charge >= 0.3 is 6.18 Å². The maximum Gasteiger partial charge on any atom is 0.416 e. The largest absolute Gasteiger partial charge is 0.416 e. The first kappa shape index (κ1) is 21.0. The zero-order valence-electron chi connectivity index (χ0n) is 16.7. The zero-order chi connectivity index (χ0) is 21.8. The van der Waals surface area contributed by atoms with E-state index in [-0.39, 0.29) is 5.69 Å². The number of aryl methyl sites for hydroxylation is 1. The van der Waals surface area contributed by atoms with E-state index in [1.54, 1.807) is 24.3 Å². The third kappa shape index (κ3) is 4.93. The normalized spacial score (nSPS) is 14.7. The molecule has 31 heavy (non-hydrogen) atoms. The summed E-state index contributed by atoms with van der Waals surface area (Å²) in [6, 6.07) is 12.9. The van der Waals surface area contributed by atoms with E-state index in [1.807, 2.05) is 6.07 Å². The number of fused-ring (bicyclic) bond motifs is 1. The maximum atomic E-state index is 13.0. The Kier molecular flexibility index (Phi) is 6.03. The summed E-state index contributed by atoms with van der Waals surface area (Å²) < 4.78 is 41.1. The second kappa shape index (κ2) is 8.89. The van der Waals surface area contributed by atoms with Crippen molar-refractivity contribution >= 4 is 11.6 Å². The average Bonchev–Trinajstić information content (AvgIpc) is 3.17. The van der Waals surface area contributed by atoms with Crippen LogP contribution in [-0.4, -0.2) is 20.7 Å². The van der Waals surface area contributed by atoms with Crippen molar-refractivity contribution in [2.24, 2.45) is 0 Å². The molecule has 1 aliphatic rings. The van der Waals surface area contributed by atoms with E-state index in [4.69, 9.17) is 0 Å². The van der Waals surface area contributed by atoms with E-state index in [0.717, 1.165) is 49.6 Å². The SMILES string of the molecule is O=C(Nc1cccc(C(F)(F)F)c1)[C@@H](NCc1nnc2n1CCCC2)c1ccccc1. The van der Waals surface area contributed by atoms with E-state index in [0.29, 0.717) is 12.1 Å². The minimum atomic E-state index is -4.48. The molecule has 0 spiro atoms. The average molecular weight is 429 g/mol. The van der Waals surface area contributed by atoms with Gasteiger partial charge in [-0.05, 0) is 36.6 Å². The number of carbonyl (C=O) groups excluding carboxylic acids is 1. The van der Waals surface area contributed by atoms with Crippen LogP contribution in [0.3, 0.4) is 0 Å². The number of hydrogen-bond acceptors (Lipinski definition) is 4. The van der Waals surface area contributed by atoms with Crippen molar-refractivity contribution < 1.29 is 18.0 Å². The van der Waals surface area contributed by atoms with Crippen LogP contribution in [0.4, 0.5) is 18.9 Å². The number of nitrogens with one attached hydrogen (secondary N) is 2. The van der Waals surface area contributed by atoms with Gasteiger partial charge in [-0.1, -0.05) is 36.4 Å². The van der Waals surface area contributed by atoms with Crippen LogP contribution in [0, 0.1) is 0 Å². The molecule has 162 valence electrons. The van der Waals surface area contributed by atoms with Gasteiger partial charge in [-0.25, -0.2) is 0 Å². The molecular formula is C22H22F3N5O. The molecule has 4 rings (SSSR count). The molecule has 1 amide bonds. The van der Waals surface area contributed by atoms with Crippen LogP contribution in [0.25, 0.3) is 0 Å². The van der Waals surface area contributed by atoms with Gasteiger partial charge in [0, 0.05) is 18.7 Å². The van der Waals surface area contributed by atoms with E-state index in [2.05, 4.69) is 25.4 Å². The fourth-order valence-corrected chi connectivity index (χ4v) is 3.69. The molecule has 0 bridgehead atoms. The van der Waals surface area contributed by atoms with Crippen molar-refractivity contribution in [3.8, 4) is 0 Å². The molecular weight excluding hydrogens is 407 g/mol. The number of anilines is 1. The Labute approximate surface area is 177 Å². The summed E-state index contributed by atoms with van der Waals surface area (Å²) >= 11 is 0. The zero-order valence-corrected chi connectivity index (χ0v) is 16.7. The van der Waals surface area contributed by atoms with Crippen LogP contribution in [0.15, 0.2) is 54.6 Å². The van der Waals surface area contributed by atoms with Crippen LogP contribution >= 0.6 is 0 Å². The molecule has 9 heteroatoms. The van der Waals surface area contributed by atoms with Gasteiger partial charge in [0.1, 0.15) is 17.7 Å². The van der Waals surface area contributed by atoms with Gasteiger partial charge in [0.2, 0.25) is 5.91 Å². The second-order valence-electron chi connectivity index (χ2n) is 7.43. The summed E-state index contributed by atoms with van der Waals surface area (Å²) in [5.74, 6) is 1.22. The number of halogens is 3. The minimum absolute atomic E-state index is 0.0856. The van der Waals surface area contributed by atoms with E-state index >= 15 is 0 Å². The van der Waals surface area contributed by atoms with Gasteiger partial charge < -0.3 is 9.88 Å². The van der Waals surface area contributed by atoms with Crippen LogP contribution in [0.1, 0.15) is 41.7 Å². The van der Waals surface area contributed by atoms with Gasteiger partial charge in [0.05, 0.1) is 12.1 Å². The molecule has 1 aliphatic heterocycles. The summed E-state index contributed by atoms with van der Waals surface area (Å²) in [4.78, 5) is 13.0. The summed E-state index contributed by atoms with van der Waals surface area (Å²) in [6.45, 7) is 1.15. The molecule has 0 radical (unpaired) electrons. The lowest BCUT2D eigenvalue weighted by Crippen LogP contribution is -2.33. The fraction of sp³-hybridized carbons (Fsp3) is 0.318. The van der Waals surface area contributed by atoms with Crippen molar-refractivity contribution in [3.63, 3.8) is 0 Å². The minimum Gasteiger partial charge on any atom is -0.324 e. The van der Waals surface area contributed by atoms with E-state index < -0.39 is 23.7 Å². The highest BCUT2D eigenvalue weighted by atomic mass is 19.4. The summed E-state index contributed by atoms with van der Waals surface area (Å²) in [5, 5.41) is 14.3. The molecule has 1 aromatic heterocycles. The number of hydrogen-bond donors (Lipinski definition) is 2. The van der Waals surface area contributed by atoms with Gasteiger partial charge in [-0.2, -0.15) is 13.2 Å². The lowest BCUT2D eigenvalue weighted by Gasteiger charge is -2.20. The van der Waals surface area contributed by atoms with Crippen molar-refractivity contribution in [2.75, 3.05) is 5.32 Å². The molecule has 6 nitrogen and oxygen atoms in total. The number of aromatic nitrogens is 3. The number of rotatable bonds is 6. The number of amides is 1. The van der Waals surface area contributed by atoms with E-state index in [9.17, 15) is 18.0 Å². The van der Waals surface area contributed by atoms with Gasteiger partial charge in [-0.3, -0.25) is 10.1 Å². The number of nitrogens with zero attached hydrogens (tertiary/aromatic N) is 3. The van der Waals surface area contributed by atoms with Crippen LogP contribution in [0.2, 0.25) is 0 Å². The molecule has 0 saturated heterocycles. The van der Waals surface area contributed by atoms with Crippen molar-refractivity contribution in [1.82, 2.24) is 20.1 Å². The van der Waals surface area contributed by atoms with Crippen molar-refractivity contribution in [3.05, 3.63) is 77.4 Å². The molecule has 0 aliphatic carbocycles. The lowest BCUT2D eigenvalue weighted by atomic mass is 10.1. The molecule has 3 aromatic rings. The molecule has 2 heterocycles. The Hall–Kier alpha value is -3.20. The molecule has 0 fully saturated rings. The predicted octanol–water partition coefficient (Wildman–Crippen LogP) is 4.10. The Morgan fingerprint density at radius 2 is 1.87 bits per heavy atom. The molecule has 0 unspecified atom stereocenters. The highest BCUT2D eigenvalue weighted by Crippen LogP contribution is 2.31. The quantitative estimate of drug-likeness (QED) is 0.619. The molecule has 2 N–H and O–H groups in total. The fourth-order valence-electron chi connectivity index (χ4n) is 3.69. The van der Waals surface area contributed by atoms with Gasteiger partial charge in [-0.15, -0.1) is 10.2 Å². The predicted molar refractivity (Wildman–Crippen MR) is 109 cm³/mol. The van der Waals surface area contributed by atoms with Crippen molar-refractivity contribution in [1.29, 1.82) is 0 Å². The Bertz CT molecular complexity index is 1050.